The van der Waals surface area contributed by atoms with Gasteiger partial charge in [0.25, 0.3) is 5.91 Å². The molecule has 2 aromatic carbocycles. The molecule has 0 aromatic heterocycles. The van der Waals surface area contributed by atoms with Crippen LogP contribution in [0, 0.1) is 0 Å². The van der Waals surface area contributed by atoms with E-state index >= 15 is 0 Å². The lowest BCUT2D eigenvalue weighted by atomic mass is 10.2. The Labute approximate surface area is 159 Å². The zero-order valence-corrected chi connectivity index (χ0v) is 16.2. The molecular formula is C19H24N2O5S. The Morgan fingerprint density at radius 3 is 2.52 bits per heavy atom. The minimum atomic E-state index is -3.68. The Balaban J connectivity index is 2.06. The van der Waals surface area contributed by atoms with Crippen LogP contribution in [0.4, 0.5) is 5.69 Å². The fourth-order valence-corrected chi connectivity index (χ4v) is 3.43. The molecule has 0 bridgehead atoms. The lowest BCUT2D eigenvalue weighted by molar-refractivity contribution is 0.102. The summed E-state index contributed by atoms with van der Waals surface area (Å²) in [6.45, 7) is 3.18. The molecule has 0 spiro atoms. The molecule has 146 valence electrons. The summed E-state index contributed by atoms with van der Waals surface area (Å²) in [5, 5.41) is 2.74. The summed E-state index contributed by atoms with van der Waals surface area (Å²) in [4.78, 5) is 12.5. The van der Waals surface area contributed by atoms with Crippen molar-refractivity contribution in [3.8, 4) is 5.75 Å². The smallest absolute Gasteiger partial charge is 0.255 e. The first-order valence-electron chi connectivity index (χ1n) is 8.59. The minimum Gasteiger partial charge on any atom is -0.494 e. The van der Waals surface area contributed by atoms with Gasteiger partial charge in [0.2, 0.25) is 10.0 Å². The molecule has 0 aliphatic rings. The van der Waals surface area contributed by atoms with Crippen LogP contribution in [0.25, 0.3) is 0 Å². The number of amides is 1. The van der Waals surface area contributed by atoms with Gasteiger partial charge in [0, 0.05) is 31.5 Å². The van der Waals surface area contributed by atoms with E-state index in [0.717, 1.165) is 0 Å². The average Bonchev–Trinajstić information content (AvgIpc) is 2.67. The predicted octanol–water partition coefficient (Wildman–Crippen LogP) is 2.65. The van der Waals surface area contributed by atoms with Gasteiger partial charge in [-0.25, -0.2) is 13.1 Å². The average molecular weight is 392 g/mol. The maximum atomic E-state index is 12.4. The molecule has 2 N–H and O–H groups in total. The number of benzene rings is 2. The zero-order chi connectivity index (χ0) is 19.7. The van der Waals surface area contributed by atoms with Crippen molar-refractivity contribution in [1.29, 1.82) is 0 Å². The van der Waals surface area contributed by atoms with E-state index in [0.29, 0.717) is 31.1 Å². The van der Waals surface area contributed by atoms with Crippen LogP contribution in [-0.4, -0.2) is 41.2 Å². The van der Waals surface area contributed by atoms with Gasteiger partial charge in [-0.05, 0) is 55.8 Å². The fourth-order valence-electron chi connectivity index (χ4n) is 2.32. The summed E-state index contributed by atoms with van der Waals surface area (Å²) in [5.74, 6) is 0.318. The van der Waals surface area contributed by atoms with Gasteiger partial charge in [0.15, 0.2) is 0 Å². The normalized spacial score (nSPS) is 11.2. The highest BCUT2D eigenvalue weighted by molar-refractivity contribution is 7.89. The van der Waals surface area contributed by atoms with Crippen molar-refractivity contribution < 1.29 is 22.7 Å². The molecule has 2 aromatic rings. The van der Waals surface area contributed by atoms with Gasteiger partial charge in [-0.3, -0.25) is 4.79 Å². The van der Waals surface area contributed by atoms with Crippen LogP contribution in [0.5, 0.6) is 5.75 Å². The van der Waals surface area contributed by atoms with E-state index in [2.05, 4.69) is 10.0 Å². The number of nitrogens with one attached hydrogen (secondary N) is 2. The van der Waals surface area contributed by atoms with E-state index < -0.39 is 15.9 Å². The summed E-state index contributed by atoms with van der Waals surface area (Å²) < 4.78 is 37.4. The van der Waals surface area contributed by atoms with Crippen LogP contribution in [0.1, 0.15) is 23.7 Å². The van der Waals surface area contributed by atoms with Crippen LogP contribution in [0.3, 0.4) is 0 Å². The first kappa shape index (κ1) is 20.9. The summed E-state index contributed by atoms with van der Waals surface area (Å²) in [6, 6.07) is 12.9. The van der Waals surface area contributed by atoms with E-state index in [4.69, 9.17) is 9.47 Å². The van der Waals surface area contributed by atoms with E-state index in [1.165, 1.54) is 18.2 Å². The minimum absolute atomic E-state index is 0.0410. The molecule has 0 fully saturated rings. The number of carbonyl (C=O) groups is 1. The third-order valence-corrected chi connectivity index (χ3v) is 5.11. The second-order valence-corrected chi connectivity index (χ2v) is 7.45. The zero-order valence-electron chi connectivity index (χ0n) is 15.4. The number of anilines is 1. The van der Waals surface area contributed by atoms with E-state index in [1.807, 2.05) is 6.92 Å². The van der Waals surface area contributed by atoms with Gasteiger partial charge in [-0.1, -0.05) is 6.07 Å². The summed E-state index contributed by atoms with van der Waals surface area (Å²) in [5.41, 5.74) is 0.845. The Bertz CT molecular complexity index is 851. The van der Waals surface area contributed by atoms with Gasteiger partial charge in [0.05, 0.1) is 11.5 Å². The number of hydrogen-bond donors (Lipinski definition) is 2. The van der Waals surface area contributed by atoms with Gasteiger partial charge < -0.3 is 14.8 Å². The highest BCUT2D eigenvalue weighted by atomic mass is 32.2. The molecule has 8 heteroatoms. The van der Waals surface area contributed by atoms with Crippen molar-refractivity contribution in [3.05, 3.63) is 54.1 Å². The second kappa shape index (κ2) is 10.1. The number of rotatable bonds is 10. The third-order valence-electron chi connectivity index (χ3n) is 3.65. The summed E-state index contributed by atoms with van der Waals surface area (Å²) in [7, 11) is -2.13. The van der Waals surface area contributed by atoms with Gasteiger partial charge in [-0.15, -0.1) is 0 Å². The van der Waals surface area contributed by atoms with Crippen LogP contribution < -0.4 is 14.8 Å². The SMILES string of the molecule is CCOc1ccc(NC(=O)c2cccc(S(=O)(=O)NCCCOC)c2)cc1. The van der Waals surface area contributed by atoms with E-state index in [1.54, 1.807) is 37.4 Å². The number of ether oxygens (including phenoxy) is 2. The topological polar surface area (TPSA) is 93.7 Å². The molecule has 0 unspecified atom stereocenters. The largest absolute Gasteiger partial charge is 0.494 e. The third kappa shape index (κ3) is 6.35. The fraction of sp³-hybridized carbons (Fsp3) is 0.316. The molecule has 27 heavy (non-hydrogen) atoms. The first-order chi connectivity index (χ1) is 13.0. The molecule has 0 saturated carbocycles. The quantitative estimate of drug-likeness (QED) is 0.606. The Hall–Kier alpha value is -2.42. The lowest BCUT2D eigenvalue weighted by Crippen LogP contribution is -2.26. The standard InChI is InChI=1S/C19H24N2O5S/c1-3-26-17-10-8-16(9-11-17)21-19(22)15-6-4-7-18(14-15)27(23,24)20-12-5-13-25-2/h4,6-11,14,20H,3,5,12-13H2,1-2H3,(H,21,22). The van der Waals surface area contributed by atoms with E-state index in [9.17, 15) is 13.2 Å². The summed E-state index contributed by atoms with van der Waals surface area (Å²) >= 11 is 0. The molecule has 1 amide bonds. The number of carbonyl (C=O) groups excluding carboxylic acids is 1. The first-order valence-corrected chi connectivity index (χ1v) is 10.1. The molecule has 0 atom stereocenters. The summed E-state index contributed by atoms with van der Waals surface area (Å²) in [6.07, 6.45) is 0.563. The van der Waals surface area contributed by atoms with Crippen molar-refractivity contribution in [1.82, 2.24) is 4.72 Å². The maximum Gasteiger partial charge on any atom is 0.255 e. The highest BCUT2D eigenvalue weighted by Crippen LogP contribution is 2.17. The monoisotopic (exact) mass is 392 g/mol. The Morgan fingerprint density at radius 2 is 1.85 bits per heavy atom. The molecule has 2 rings (SSSR count). The maximum absolute atomic E-state index is 12.4. The predicted molar refractivity (Wildman–Crippen MR) is 104 cm³/mol. The molecule has 7 nitrogen and oxygen atoms in total. The number of hydrogen-bond acceptors (Lipinski definition) is 5. The van der Waals surface area contributed by atoms with Crippen molar-refractivity contribution in [3.63, 3.8) is 0 Å². The molecule has 0 heterocycles. The highest BCUT2D eigenvalue weighted by Gasteiger charge is 2.16. The van der Waals surface area contributed by atoms with Crippen LogP contribution >= 0.6 is 0 Å². The van der Waals surface area contributed by atoms with Crippen LogP contribution in [-0.2, 0) is 14.8 Å². The molecule has 0 saturated heterocycles. The van der Waals surface area contributed by atoms with Gasteiger partial charge in [-0.2, -0.15) is 0 Å². The molecule has 0 aliphatic carbocycles. The van der Waals surface area contributed by atoms with Crippen molar-refractivity contribution >= 4 is 21.6 Å². The van der Waals surface area contributed by atoms with Crippen molar-refractivity contribution in [2.75, 3.05) is 32.2 Å². The molecular weight excluding hydrogens is 368 g/mol. The second-order valence-electron chi connectivity index (χ2n) is 5.68. The molecule has 0 radical (unpaired) electrons. The number of sulfonamides is 1. The van der Waals surface area contributed by atoms with Gasteiger partial charge >= 0.3 is 0 Å². The van der Waals surface area contributed by atoms with Crippen molar-refractivity contribution in [2.45, 2.75) is 18.2 Å². The van der Waals surface area contributed by atoms with Crippen LogP contribution in [0.2, 0.25) is 0 Å². The molecule has 0 aliphatic heterocycles. The van der Waals surface area contributed by atoms with Crippen molar-refractivity contribution in [2.24, 2.45) is 0 Å². The Kier molecular flexibility index (Phi) is 7.78. The number of methoxy groups -OCH3 is 1. The lowest BCUT2D eigenvalue weighted by Gasteiger charge is -2.09. The Morgan fingerprint density at radius 1 is 1.11 bits per heavy atom. The van der Waals surface area contributed by atoms with Crippen LogP contribution in [0.15, 0.2) is 53.4 Å². The van der Waals surface area contributed by atoms with E-state index in [-0.39, 0.29) is 17.0 Å². The van der Waals surface area contributed by atoms with Gasteiger partial charge in [0.1, 0.15) is 5.75 Å².